The summed E-state index contributed by atoms with van der Waals surface area (Å²) in [5, 5.41) is 2.62. The molecule has 8 heteroatoms. The normalized spacial score (nSPS) is 11.1. The smallest absolute Gasteiger partial charge is 0.275 e. The molecule has 0 saturated carbocycles. The van der Waals surface area contributed by atoms with Gasteiger partial charge < -0.3 is 5.32 Å². The molecule has 0 unspecified atom stereocenters. The molecule has 22 heavy (non-hydrogen) atoms. The third-order valence-electron chi connectivity index (χ3n) is 2.76. The monoisotopic (exact) mass is 320 g/mol. The number of nitrogens with zero attached hydrogens (tertiary/aromatic N) is 2. The Hall–Kier alpha value is -2.32. The number of hydrogen-bond acceptors (Lipinski definition) is 5. The zero-order chi connectivity index (χ0) is 16.0. The fraction of sp³-hybridized carbons (Fsp3) is 0.214. The number of nitrogens with one attached hydrogen (secondary N) is 2. The first-order valence-electron chi connectivity index (χ1n) is 6.70. The third-order valence-corrected chi connectivity index (χ3v) is 4.24. The highest BCUT2D eigenvalue weighted by atomic mass is 32.2. The van der Waals surface area contributed by atoms with Gasteiger partial charge in [-0.25, -0.2) is 18.1 Å². The molecular formula is C14H16N4O3S. The predicted octanol–water partition coefficient (Wildman–Crippen LogP) is 1.42. The van der Waals surface area contributed by atoms with Crippen molar-refractivity contribution in [3.8, 4) is 0 Å². The summed E-state index contributed by atoms with van der Waals surface area (Å²) in [4.78, 5) is 19.7. The van der Waals surface area contributed by atoms with Gasteiger partial charge in [-0.15, -0.1) is 0 Å². The maximum absolute atomic E-state index is 11.9. The van der Waals surface area contributed by atoms with Crippen molar-refractivity contribution < 1.29 is 13.2 Å². The van der Waals surface area contributed by atoms with Gasteiger partial charge in [-0.3, -0.25) is 9.78 Å². The maximum atomic E-state index is 11.9. The molecule has 0 aliphatic heterocycles. The van der Waals surface area contributed by atoms with Crippen molar-refractivity contribution in [3.63, 3.8) is 0 Å². The quantitative estimate of drug-likeness (QED) is 0.838. The summed E-state index contributed by atoms with van der Waals surface area (Å²) < 4.78 is 26.3. The van der Waals surface area contributed by atoms with Crippen LogP contribution in [0.2, 0.25) is 0 Å². The van der Waals surface area contributed by atoms with E-state index in [1.54, 1.807) is 0 Å². The summed E-state index contributed by atoms with van der Waals surface area (Å²) in [6.07, 6.45) is 4.96. The van der Waals surface area contributed by atoms with Crippen LogP contribution in [0.15, 0.2) is 47.8 Å². The van der Waals surface area contributed by atoms with Gasteiger partial charge in [0.1, 0.15) is 5.69 Å². The molecule has 1 heterocycles. The minimum Gasteiger partial charge on any atom is -0.321 e. The summed E-state index contributed by atoms with van der Waals surface area (Å²) >= 11 is 0. The van der Waals surface area contributed by atoms with Crippen molar-refractivity contribution in [1.29, 1.82) is 0 Å². The summed E-state index contributed by atoms with van der Waals surface area (Å²) in [7, 11) is -3.50. The van der Waals surface area contributed by atoms with Gasteiger partial charge in [-0.2, -0.15) is 0 Å². The van der Waals surface area contributed by atoms with Crippen LogP contribution in [-0.2, 0) is 10.0 Å². The topological polar surface area (TPSA) is 101 Å². The highest BCUT2D eigenvalue weighted by Crippen LogP contribution is 2.14. The van der Waals surface area contributed by atoms with Gasteiger partial charge in [0.25, 0.3) is 5.91 Å². The predicted molar refractivity (Wildman–Crippen MR) is 81.9 cm³/mol. The first-order valence-corrected chi connectivity index (χ1v) is 8.18. The van der Waals surface area contributed by atoms with E-state index in [9.17, 15) is 13.2 Å². The number of rotatable bonds is 6. The Morgan fingerprint density at radius 1 is 1.18 bits per heavy atom. The average molecular weight is 320 g/mol. The third kappa shape index (κ3) is 4.09. The minimum atomic E-state index is -3.50. The Morgan fingerprint density at radius 2 is 1.91 bits per heavy atom. The number of hydrogen-bond donors (Lipinski definition) is 2. The van der Waals surface area contributed by atoms with Crippen molar-refractivity contribution in [2.75, 3.05) is 11.9 Å². The Kier molecular flexibility index (Phi) is 5.18. The second-order valence-electron chi connectivity index (χ2n) is 4.47. The first-order chi connectivity index (χ1) is 10.5. The lowest BCUT2D eigenvalue weighted by Crippen LogP contribution is -2.24. The summed E-state index contributed by atoms with van der Waals surface area (Å²) in [6.45, 7) is 2.27. The van der Waals surface area contributed by atoms with E-state index >= 15 is 0 Å². The maximum Gasteiger partial charge on any atom is 0.275 e. The van der Waals surface area contributed by atoms with E-state index in [2.05, 4.69) is 20.0 Å². The lowest BCUT2D eigenvalue weighted by molar-refractivity contribution is 0.102. The molecule has 1 aromatic carbocycles. The van der Waals surface area contributed by atoms with Crippen LogP contribution < -0.4 is 10.0 Å². The molecule has 0 saturated heterocycles. The van der Waals surface area contributed by atoms with Gasteiger partial charge in [-0.05, 0) is 30.7 Å². The molecule has 0 aliphatic carbocycles. The molecule has 1 amide bonds. The molecule has 7 nitrogen and oxygen atoms in total. The van der Waals surface area contributed by atoms with E-state index < -0.39 is 15.9 Å². The molecule has 2 N–H and O–H groups in total. The van der Waals surface area contributed by atoms with Crippen LogP contribution in [0.5, 0.6) is 0 Å². The second-order valence-corrected chi connectivity index (χ2v) is 6.23. The zero-order valence-electron chi connectivity index (χ0n) is 12.0. The molecule has 0 spiro atoms. The number of aromatic nitrogens is 2. The van der Waals surface area contributed by atoms with Crippen molar-refractivity contribution in [3.05, 3.63) is 48.5 Å². The van der Waals surface area contributed by atoms with Crippen LogP contribution >= 0.6 is 0 Å². The van der Waals surface area contributed by atoms with E-state index in [0.29, 0.717) is 18.7 Å². The lowest BCUT2D eigenvalue weighted by Gasteiger charge is -2.07. The largest absolute Gasteiger partial charge is 0.321 e. The number of amides is 1. The standard InChI is InChI=1S/C14H16N4O3S/c1-2-7-17-22(20,21)12-5-3-11(4-6-12)18-14(19)13-10-15-8-9-16-13/h3-6,8-10,17H,2,7H2,1H3,(H,18,19). The van der Waals surface area contributed by atoms with Crippen LogP contribution in [0, 0.1) is 0 Å². The van der Waals surface area contributed by atoms with Crippen molar-refractivity contribution in [2.24, 2.45) is 0 Å². The Bertz CT molecular complexity index is 730. The van der Waals surface area contributed by atoms with Crippen LogP contribution in [0.25, 0.3) is 0 Å². The van der Waals surface area contributed by atoms with Gasteiger partial charge in [0, 0.05) is 24.6 Å². The number of carbonyl (C=O) groups excluding carboxylic acids is 1. The molecule has 116 valence electrons. The minimum absolute atomic E-state index is 0.151. The second kappa shape index (κ2) is 7.10. The molecule has 0 atom stereocenters. The van der Waals surface area contributed by atoms with E-state index in [4.69, 9.17) is 0 Å². The number of anilines is 1. The first kappa shape index (κ1) is 16.1. The number of benzene rings is 1. The van der Waals surface area contributed by atoms with Crippen LogP contribution in [-0.4, -0.2) is 30.8 Å². The Labute approximate surface area is 128 Å². The molecule has 1 aromatic heterocycles. The number of sulfonamides is 1. The van der Waals surface area contributed by atoms with Gasteiger partial charge in [-0.1, -0.05) is 6.92 Å². The molecule has 0 radical (unpaired) electrons. The zero-order valence-corrected chi connectivity index (χ0v) is 12.8. The van der Waals surface area contributed by atoms with Gasteiger partial charge in [0.05, 0.1) is 11.1 Å². The average Bonchev–Trinajstić information content (AvgIpc) is 2.54. The van der Waals surface area contributed by atoms with Crippen LogP contribution in [0.1, 0.15) is 23.8 Å². The highest BCUT2D eigenvalue weighted by molar-refractivity contribution is 7.89. The van der Waals surface area contributed by atoms with Crippen molar-refractivity contribution >= 4 is 21.6 Å². The SMILES string of the molecule is CCCNS(=O)(=O)c1ccc(NC(=O)c2cnccn2)cc1. The fourth-order valence-corrected chi connectivity index (χ4v) is 2.78. The molecule has 2 aromatic rings. The fourth-order valence-electron chi connectivity index (χ4n) is 1.65. The summed E-state index contributed by atoms with van der Waals surface area (Å²) in [5.74, 6) is -0.409. The highest BCUT2D eigenvalue weighted by Gasteiger charge is 2.13. The number of carbonyl (C=O) groups is 1. The van der Waals surface area contributed by atoms with Crippen molar-refractivity contribution in [1.82, 2.24) is 14.7 Å². The van der Waals surface area contributed by atoms with Gasteiger partial charge in [0.15, 0.2) is 0 Å². The molecule has 0 aliphatic rings. The molecule has 0 bridgehead atoms. The molecular weight excluding hydrogens is 304 g/mol. The molecule has 0 fully saturated rings. The van der Waals surface area contributed by atoms with Crippen LogP contribution in [0.3, 0.4) is 0 Å². The van der Waals surface area contributed by atoms with Gasteiger partial charge in [0.2, 0.25) is 10.0 Å². The summed E-state index contributed by atoms with van der Waals surface area (Å²) in [6, 6.07) is 5.91. The van der Waals surface area contributed by atoms with E-state index in [-0.39, 0.29) is 10.6 Å². The Balaban J connectivity index is 2.08. The van der Waals surface area contributed by atoms with E-state index in [1.165, 1.54) is 42.9 Å². The molecule has 2 rings (SSSR count). The Morgan fingerprint density at radius 3 is 2.50 bits per heavy atom. The van der Waals surface area contributed by atoms with Crippen molar-refractivity contribution in [2.45, 2.75) is 18.2 Å². The lowest BCUT2D eigenvalue weighted by atomic mass is 10.3. The van der Waals surface area contributed by atoms with Crippen LogP contribution in [0.4, 0.5) is 5.69 Å². The summed E-state index contributed by atoms with van der Waals surface area (Å²) in [5.41, 5.74) is 0.661. The van der Waals surface area contributed by atoms with E-state index in [1.807, 2.05) is 6.92 Å². The van der Waals surface area contributed by atoms with E-state index in [0.717, 1.165) is 0 Å². The van der Waals surface area contributed by atoms with Gasteiger partial charge >= 0.3 is 0 Å².